The zero-order valence-electron chi connectivity index (χ0n) is 8.85. The normalized spacial score (nSPS) is 15.6. The maximum absolute atomic E-state index is 6.22. The van der Waals surface area contributed by atoms with Crippen LogP contribution in [0.25, 0.3) is 0 Å². The van der Waals surface area contributed by atoms with E-state index in [1.54, 1.807) is 11.3 Å². The summed E-state index contributed by atoms with van der Waals surface area (Å²) in [4.78, 5) is 1.21. The molecule has 0 unspecified atom stereocenters. The molecule has 2 nitrogen and oxygen atoms in total. The predicted molar refractivity (Wildman–Crippen MR) is 66.0 cm³/mol. The van der Waals surface area contributed by atoms with E-state index in [1.165, 1.54) is 16.0 Å². The van der Waals surface area contributed by atoms with Gasteiger partial charge in [-0.2, -0.15) is 0 Å². The van der Waals surface area contributed by atoms with Crippen LogP contribution in [0.15, 0.2) is 35.7 Å². The molecule has 1 aliphatic rings. The second-order valence-electron chi connectivity index (χ2n) is 3.96. The SMILES string of the molecule is N[C@@H](c1ccc2c(c1)CCO2)c1cccs1. The third-order valence-corrected chi connectivity index (χ3v) is 3.88. The number of ether oxygens (including phenoxy) is 1. The lowest BCUT2D eigenvalue weighted by molar-refractivity contribution is 0.357. The summed E-state index contributed by atoms with van der Waals surface area (Å²) in [6.45, 7) is 0.799. The Kier molecular flexibility index (Phi) is 2.42. The second-order valence-corrected chi connectivity index (χ2v) is 4.94. The highest BCUT2D eigenvalue weighted by molar-refractivity contribution is 7.10. The van der Waals surface area contributed by atoms with Gasteiger partial charge in [0.15, 0.2) is 0 Å². The highest BCUT2D eigenvalue weighted by Crippen LogP contribution is 2.30. The molecule has 0 bridgehead atoms. The summed E-state index contributed by atoms with van der Waals surface area (Å²) in [6, 6.07) is 10.4. The molecule has 2 aromatic rings. The Morgan fingerprint density at radius 1 is 1.31 bits per heavy atom. The lowest BCUT2D eigenvalue weighted by atomic mass is 10.0. The van der Waals surface area contributed by atoms with Crippen LogP contribution >= 0.6 is 11.3 Å². The quantitative estimate of drug-likeness (QED) is 0.862. The Hall–Kier alpha value is -1.32. The summed E-state index contributed by atoms with van der Waals surface area (Å²) < 4.78 is 5.49. The number of benzene rings is 1. The second kappa shape index (κ2) is 3.92. The first kappa shape index (κ1) is 9.87. The zero-order valence-corrected chi connectivity index (χ0v) is 9.67. The smallest absolute Gasteiger partial charge is 0.122 e. The minimum Gasteiger partial charge on any atom is -0.493 e. The largest absolute Gasteiger partial charge is 0.493 e. The summed E-state index contributed by atoms with van der Waals surface area (Å²) in [5.74, 6) is 1.02. The Bertz CT molecular complexity index is 493. The highest BCUT2D eigenvalue weighted by Gasteiger charge is 2.16. The molecule has 3 rings (SSSR count). The molecular formula is C13H13NOS. The molecule has 0 aliphatic carbocycles. The Morgan fingerprint density at radius 3 is 3.06 bits per heavy atom. The van der Waals surface area contributed by atoms with E-state index in [-0.39, 0.29) is 6.04 Å². The van der Waals surface area contributed by atoms with Crippen LogP contribution in [0.3, 0.4) is 0 Å². The van der Waals surface area contributed by atoms with Crippen molar-refractivity contribution in [2.24, 2.45) is 5.73 Å². The zero-order chi connectivity index (χ0) is 11.0. The number of hydrogen-bond acceptors (Lipinski definition) is 3. The first-order valence-corrected chi connectivity index (χ1v) is 6.27. The molecule has 0 fully saturated rings. The third kappa shape index (κ3) is 1.62. The average Bonchev–Trinajstić information content (AvgIpc) is 2.98. The molecular weight excluding hydrogens is 218 g/mol. The van der Waals surface area contributed by atoms with Crippen molar-refractivity contribution in [2.45, 2.75) is 12.5 Å². The number of fused-ring (bicyclic) bond motifs is 1. The molecule has 82 valence electrons. The lowest BCUT2D eigenvalue weighted by Crippen LogP contribution is -2.10. The number of nitrogens with two attached hydrogens (primary N) is 1. The fourth-order valence-corrected chi connectivity index (χ4v) is 2.79. The Balaban J connectivity index is 1.95. The maximum atomic E-state index is 6.22. The molecule has 1 atom stereocenters. The monoisotopic (exact) mass is 231 g/mol. The van der Waals surface area contributed by atoms with Gasteiger partial charge >= 0.3 is 0 Å². The van der Waals surface area contributed by atoms with Crippen LogP contribution in [-0.2, 0) is 6.42 Å². The summed E-state index contributed by atoms with van der Waals surface area (Å²) in [5.41, 5.74) is 8.68. The van der Waals surface area contributed by atoms with Gasteiger partial charge in [0.2, 0.25) is 0 Å². The Labute approximate surface area is 98.7 Å². The predicted octanol–water partition coefficient (Wildman–Crippen LogP) is 2.73. The van der Waals surface area contributed by atoms with Crippen LogP contribution in [0.5, 0.6) is 5.75 Å². The summed E-state index contributed by atoms with van der Waals surface area (Å²) in [6.07, 6.45) is 1.00. The van der Waals surface area contributed by atoms with Gasteiger partial charge in [-0.25, -0.2) is 0 Å². The molecule has 2 N–H and O–H groups in total. The molecule has 1 aliphatic heterocycles. The molecule has 0 spiro atoms. The number of thiophene rings is 1. The van der Waals surface area contributed by atoms with E-state index in [0.29, 0.717) is 0 Å². The maximum Gasteiger partial charge on any atom is 0.122 e. The van der Waals surface area contributed by atoms with Crippen molar-refractivity contribution < 1.29 is 4.74 Å². The average molecular weight is 231 g/mol. The van der Waals surface area contributed by atoms with Crippen molar-refractivity contribution in [3.8, 4) is 5.75 Å². The van der Waals surface area contributed by atoms with Crippen molar-refractivity contribution in [2.75, 3.05) is 6.61 Å². The minimum absolute atomic E-state index is 0.00843. The van der Waals surface area contributed by atoms with Crippen LogP contribution in [0, 0.1) is 0 Å². The molecule has 1 aromatic carbocycles. The topological polar surface area (TPSA) is 35.2 Å². The van der Waals surface area contributed by atoms with Crippen molar-refractivity contribution in [1.29, 1.82) is 0 Å². The Morgan fingerprint density at radius 2 is 2.25 bits per heavy atom. The van der Waals surface area contributed by atoms with Gasteiger partial charge in [-0.1, -0.05) is 18.2 Å². The van der Waals surface area contributed by atoms with Crippen LogP contribution in [0.1, 0.15) is 22.0 Å². The molecule has 0 radical (unpaired) electrons. The molecule has 0 saturated heterocycles. The van der Waals surface area contributed by atoms with Gasteiger partial charge in [-0.05, 0) is 28.6 Å². The highest BCUT2D eigenvalue weighted by atomic mass is 32.1. The fourth-order valence-electron chi connectivity index (χ4n) is 2.03. The summed E-state index contributed by atoms with van der Waals surface area (Å²) in [5, 5.41) is 2.06. The molecule has 0 amide bonds. The van der Waals surface area contributed by atoms with Gasteiger partial charge in [-0.3, -0.25) is 0 Å². The molecule has 2 heterocycles. The van der Waals surface area contributed by atoms with Crippen molar-refractivity contribution in [3.63, 3.8) is 0 Å². The number of hydrogen-bond donors (Lipinski definition) is 1. The van der Waals surface area contributed by atoms with E-state index in [2.05, 4.69) is 23.6 Å². The van der Waals surface area contributed by atoms with Crippen molar-refractivity contribution in [1.82, 2.24) is 0 Å². The van der Waals surface area contributed by atoms with Crippen LogP contribution in [-0.4, -0.2) is 6.61 Å². The third-order valence-electron chi connectivity index (χ3n) is 2.92. The summed E-state index contributed by atoms with van der Waals surface area (Å²) in [7, 11) is 0. The first-order chi connectivity index (χ1) is 7.84. The summed E-state index contributed by atoms with van der Waals surface area (Å²) >= 11 is 1.70. The molecule has 0 saturated carbocycles. The van der Waals surface area contributed by atoms with E-state index in [0.717, 1.165) is 18.8 Å². The number of rotatable bonds is 2. The van der Waals surface area contributed by atoms with Gasteiger partial charge in [-0.15, -0.1) is 11.3 Å². The van der Waals surface area contributed by atoms with E-state index in [1.807, 2.05) is 12.1 Å². The molecule has 16 heavy (non-hydrogen) atoms. The molecule has 1 aromatic heterocycles. The fraction of sp³-hybridized carbons (Fsp3) is 0.231. The van der Waals surface area contributed by atoms with Crippen molar-refractivity contribution in [3.05, 3.63) is 51.7 Å². The van der Waals surface area contributed by atoms with E-state index >= 15 is 0 Å². The van der Waals surface area contributed by atoms with Crippen LogP contribution in [0.2, 0.25) is 0 Å². The van der Waals surface area contributed by atoms with Crippen LogP contribution in [0.4, 0.5) is 0 Å². The first-order valence-electron chi connectivity index (χ1n) is 5.39. The van der Waals surface area contributed by atoms with Gasteiger partial charge < -0.3 is 10.5 Å². The van der Waals surface area contributed by atoms with E-state index in [4.69, 9.17) is 10.5 Å². The van der Waals surface area contributed by atoms with Gasteiger partial charge in [0, 0.05) is 11.3 Å². The van der Waals surface area contributed by atoms with Crippen molar-refractivity contribution >= 4 is 11.3 Å². The van der Waals surface area contributed by atoms with Gasteiger partial charge in [0.1, 0.15) is 5.75 Å². The lowest BCUT2D eigenvalue weighted by Gasteiger charge is -2.11. The standard InChI is InChI=1S/C13H13NOS/c14-13(12-2-1-7-16-12)10-3-4-11-9(8-10)5-6-15-11/h1-4,7-8,13H,5-6,14H2/t13-/m0/s1. The van der Waals surface area contributed by atoms with Crippen LogP contribution < -0.4 is 10.5 Å². The molecule has 3 heteroatoms. The van der Waals surface area contributed by atoms with Gasteiger partial charge in [0.05, 0.1) is 12.6 Å². The van der Waals surface area contributed by atoms with Gasteiger partial charge in [0.25, 0.3) is 0 Å². The minimum atomic E-state index is -0.00843. The van der Waals surface area contributed by atoms with E-state index in [9.17, 15) is 0 Å². The van der Waals surface area contributed by atoms with E-state index < -0.39 is 0 Å².